The van der Waals surface area contributed by atoms with Crippen LogP contribution in [0.1, 0.15) is 38.2 Å². The van der Waals surface area contributed by atoms with Crippen LogP contribution in [-0.2, 0) is 6.42 Å². The van der Waals surface area contributed by atoms with E-state index in [-0.39, 0.29) is 0 Å². The number of nitrogens with one attached hydrogen (secondary N) is 2. The fourth-order valence-electron chi connectivity index (χ4n) is 2.60. The van der Waals surface area contributed by atoms with Gasteiger partial charge in [-0.3, -0.25) is 20.4 Å². The summed E-state index contributed by atoms with van der Waals surface area (Å²) in [5.41, 5.74) is 8.12. The van der Waals surface area contributed by atoms with Crippen molar-refractivity contribution in [2.24, 2.45) is 0 Å². The van der Waals surface area contributed by atoms with Crippen molar-refractivity contribution in [3.63, 3.8) is 0 Å². The number of hydrogen-bond acceptors (Lipinski definition) is 5. The van der Waals surface area contributed by atoms with Crippen molar-refractivity contribution < 1.29 is 14.3 Å². The molecule has 3 aromatic rings. The average molecular weight is 395 g/mol. The molecule has 0 saturated heterocycles. The van der Waals surface area contributed by atoms with E-state index in [1.807, 2.05) is 12.1 Å². The van der Waals surface area contributed by atoms with Crippen LogP contribution in [0.2, 0.25) is 0 Å². The second-order valence-corrected chi connectivity index (χ2v) is 7.12. The molecule has 0 spiro atoms. The van der Waals surface area contributed by atoms with E-state index in [0.717, 1.165) is 17.0 Å². The third kappa shape index (κ3) is 4.37. The van der Waals surface area contributed by atoms with Crippen LogP contribution in [0.4, 0.5) is 0 Å². The van der Waals surface area contributed by atoms with Gasteiger partial charge in [-0.25, -0.2) is 4.98 Å². The second-order valence-electron chi connectivity index (χ2n) is 6.12. The molecule has 2 aromatic carbocycles. The third-order valence-electron chi connectivity index (χ3n) is 4.25. The van der Waals surface area contributed by atoms with Gasteiger partial charge in [-0.2, -0.15) is 0 Å². The summed E-state index contributed by atoms with van der Waals surface area (Å²) in [6, 6.07) is 14.7. The van der Waals surface area contributed by atoms with E-state index in [4.69, 9.17) is 4.74 Å². The van der Waals surface area contributed by atoms with E-state index in [1.54, 1.807) is 38.3 Å². The van der Waals surface area contributed by atoms with Crippen LogP contribution in [0.5, 0.6) is 5.75 Å². The zero-order chi connectivity index (χ0) is 20.1. The Hall–Kier alpha value is -3.19. The van der Waals surface area contributed by atoms with Gasteiger partial charge in [0.2, 0.25) is 0 Å². The van der Waals surface area contributed by atoms with Gasteiger partial charge < -0.3 is 4.74 Å². The Kier molecular flexibility index (Phi) is 6.06. The third-order valence-corrected chi connectivity index (χ3v) is 5.46. The van der Waals surface area contributed by atoms with Crippen LogP contribution in [0, 0.1) is 6.92 Å². The number of benzene rings is 2. The Morgan fingerprint density at radius 1 is 1.00 bits per heavy atom. The molecule has 3 rings (SSSR count). The highest BCUT2D eigenvalue weighted by molar-refractivity contribution is 7.17. The number of amides is 2. The number of carbonyl (C=O) groups excluding carboxylic acids is 2. The van der Waals surface area contributed by atoms with Gasteiger partial charge in [-0.05, 0) is 43.2 Å². The first-order valence-electron chi connectivity index (χ1n) is 8.83. The van der Waals surface area contributed by atoms with Gasteiger partial charge in [0, 0.05) is 11.1 Å². The average Bonchev–Trinajstić information content (AvgIpc) is 3.13. The van der Waals surface area contributed by atoms with Gasteiger partial charge in [-0.15, -0.1) is 11.3 Å². The Labute approximate surface area is 167 Å². The van der Waals surface area contributed by atoms with Crippen molar-refractivity contribution in [1.82, 2.24) is 15.8 Å². The number of thiazole rings is 1. The summed E-state index contributed by atoms with van der Waals surface area (Å²) in [6.07, 6.45) is 0.971. The summed E-state index contributed by atoms with van der Waals surface area (Å²) in [7, 11) is 1.55. The molecule has 0 bridgehead atoms. The standard InChI is InChI=1S/C21H21N3O3S/c1-4-14-5-7-16(8-6-14)21-22-13(2)18(28-21)20(26)24-23-19(25)15-9-11-17(27-3)12-10-15/h5-12H,4H2,1-3H3,(H,23,25)(H,24,26). The first-order valence-corrected chi connectivity index (χ1v) is 9.65. The molecule has 1 aromatic heterocycles. The minimum atomic E-state index is -0.409. The lowest BCUT2D eigenvalue weighted by Gasteiger charge is -2.07. The zero-order valence-electron chi connectivity index (χ0n) is 15.9. The maximum Gasteiger partial charge on any atom is 0.281 e. The summed E-state index contributed by atoms with van der Waals surface area (Å²) in [5.74, 6) is -0.151. The lowest BCUT2D eigenvalue weighted by molar-refractivity contribution is 0.0848. The summed E-state index contributed by atoms with van der Waals surface area (Å²) in [4.78, 5) is 29.6. The Bertz CT molecular complexity index is 979. The van der Waals surface area contributed by atoms with Crippen molar-refractivity contribution in [3.05, 3.63) is 70.2 Å². The van der Waals surface area contributed by atoms with Crippen LogP contribution in [0.25, 0.3) is 10.6 Å². The lowest BCUT2D eigenvalue weighted by atomic mass is 10.1. The number of hydrazine groups is 1. The molecule has 2 amide bonds. The molecule has 0 atom stereocenters. The number of hydrogen-bond donors (Lipinski definition) is 2. The van der Waals surface area contributed by atoms with E-state index in [1.165, 1.54) is 16.9 Å². The molecule has 28 heavy (non-hydrogen) atoms. The predicted molar refractivity (Wildman–Crippen MR) is 110 cm³/mol. The molecule has 0 fully saturated rings. The largest absolute Gasteiger partial charge is 0.497 e. The number of rotatable bonds is 5. The zero-order valence-corrected chi connectivity index (χ0v) is 16.7. The predicted octanol–water partition coefficient (Wildman–Crippen LogP) is 3.76. The van der Waals surface area contributed by atoms with Crippen LogP contribution in [-0.4, -0.2) is 23.9 Å². The van der Waals surface area contributed by atoms with Crippen LogP contribution >= 0.6 is 11.3 Å². The minimum absolute atomic E-state index is 0.395. The molecule has 0 aliphatic heterocycles. The Morgan fingerprint density at radius 3 is 2.25 bits per heavy atom. The molecule has 0 aliphatic rings. The summed E-state index contributed by atoms with van der Waals surface area (Å²) < 4.78 is 5.06. The monoisotopic (exact) mass is 395 g/mol. The quantitative estimate of drug-likeness (QED) is 0.645. The van der Waals surface area contributed by atoms with Gasteiger partial charge in [0.15, 0.2) is 0 Å². The molecule has 1 heterocycles. The van der Waals surface area contributed by atoms with Crippen LogP contribution in [0.3, 0.4) is 0 Å². The summed E-state index contributed by atoms with van der Waals surface area (Å²) >= 11 is 1.30. The first-order chi connectivity index (χ1) is 13.5. The minimum Gasteiger partial charge on any atom is -0.497 e. The number of carbonyl (C=O) groups is 2. The van der Waals surface area contributed by atoms with E-state index in [0.29, 0.717) is 21.9 Å². The van der Waals surface area contributed by atoms with E-state index >= 15 is 0 Å². The molecule has 0 saturated carbocycles. The lowest BCUT2D eigenvalue weighted by Crippen LogP contribution is -2.41. The summed E-state index contributed by atoms with van der Waals surface area (Å²) in [5, 5.41) is 0.770. The molecule has 0 radical (unpaired) electrons. The fraction of sp³-hybridized carbons (Fsp3) is 0.190. The smallest absolute Gasteiger partial charge is 0.281 e. The van der Waals surface area contributed by atoms with Gasteiger partial charge in [0.25, 0.3) is 11.8 Å². The van der Waals surface area contributed by atoms with Gasteiger partial charge in [-0.1, -0.05) is 31.2 Å². The SMILES string of the molecule is CCc1ccc(-c2nc(C)c(C(=O)NNC(=O)c3ccc(OC)cc3)s2)cc1. The highest BCUT2D eigenvalue weighted by atomic mass is 32.1. The number of nitrogens with zero attached hydrogens (tertiary/aromatic N) is 1. The van der Waals surface area contributed by atoms with E-state index in [2.05, 4.69) is 34.9 Å². The van der Waals surface area contributed by atoms with Gasteiger partial charge in [0.05, 0.1) is 12.8 Å². The topological polar surface area (TPSA) is 80.3 Å². The van der Waals surface area contributed by atoms with Gasteiger partial charge >= 0.3 is 0 Å². The first kappa shape index (κ1) is 19.6. The van der Waals surface area contributed by atoms with Gasteiger partial charge in [0.1, 0.15) is 15.6 Å². The Balaban J connectivity index is 1.66. The molecule has 144 valence electrons. The van der Waals surface area contributed by atoms with Crippen molar-refractivity contribution in [2.45, 2.75) is 20.3 Å². The molecule has 0 unspecified atom stereocenters. The maximum atomic E-state index is 12.5. The number of ether oxygens (including phenoxy) is 1. The van der Waals surface area contributed by atoms with Crippen molar-refractivity contribution >= 4 is 23.2 Å². The molecule has 7 heteroatoms. The fourth-order valence-corrected chi connectivity index (χ4v) is 3.57. The van der Waals surface area contributed by atoms with Crippen molar-refractivity contribution in [3.8, 4) is 16.3 Å². The van der Waals surface area contributed by atoms with Crippen molar-refractivity contribution in [1.29, 1.82) is 0 Å². The summed E-state index contributed by atoms with van der Waals surface area (Å²) in [6.45, 7) is 3.88. The number of aryl methyl sites for hydroxylation is 2. The molecule has 0 aliphatic carbocycles. The van der Waals surface area contributed by atoms with E-state index < -0.39 is 11.8 Å². The van der Waals surface area contributed by atoms with E-state index in [9.17, 15) is 9.59 Å². The molecular weight excluding hydrogens is 374 g/mol. The highest BCUT2D eigenvalue weighted by Gasteiger charge is 2.17. The molecule has 2 N–H and O–H groups in total. The second kappa shape index (κ2) is 8.67. The molecular formula is C21H21N3O3S. The highest BCUT2D eigenvalue weighted by Crippen LogP contribution is 2.28. The van der Waals surface area contributed by atoms with Crippen LogP contribution in [0.15, 0.2) is 48.5 Å². The normalized spacial score (nSPS) is 10.4. The number of methoxy groups -OCH3 is 1. The Morgan fingerprint density at radius 2 is 1.64 bits per heavy atom. The number of aromatic nitrogens is 1. The molecule has 6 nitrogen and oxygen atoms in total. The van der Waals surface area contributed by atoms with Crippen molar-refractivity contribution in [2.75, 3.05) is 7.11 Å². The van der Waals surface area contributed by atoms with Crippen LogP contribution < -0.4 is 15.6 Å². The maximum absolute atomic E-state index is 12.5.